The van der Waals surface area contributed by atoms with E-state index in [0.29, 0.717) is 24.7 Å². The average Bonchev–Trinajstić information content (AvgIpc) is 3.61. The molecule has 2 saturated heterocycles. The molecule has 0 aromatic carbocycles. The molecule has 4 aliphatic rings. The van der Waals surface area contributed by atoms with Crippen LogP contribution in [0.2, 0.25) is 0 Å². The number of esters is 1. The van der Waals surface area contributed by atoms with E-state index in [4.69, 9.17) is 20.9 Å². The summed E-state index contributed by atoms with van der Waals surface area (Å²) in [6, 6.07) is 0.00397. The number of hydrogen-bond donors (Lipinski definition) is 4. The minimum absolute atomic E-state index is 0.00397. The molecule has 0 aromatic heterocycles. The number of methoxy groups -OCH3 is 1. The first-order valence-electron chi connectivity index (χ1n) is 14.5. The van der Waals surface area contributed by atoms with Crippen molar-refractivity contribution >= 4 is 23.5 Å². The molecule has 6 N–H and O–H groups in total. The van der Waals surface area contributed by atoms with Gasteiger partial charge in [0.15, 0.2) is 23.1 Å². The SMILES string of the molecule is CN=C(N)N[C@@H](CC(C)=CC[C@@]12O[C@@]1(C(=O)OC)C(=O)C1C(CC(C)C)CCCC1C2=O)C1CCNC(N)C1. The van der Waals surface area contributed by atoms with E-state index >= 15 is 0 Å². The molecule has 2 heterocycles. The topological polar surface area (TPSA) is 161 Å². The number of piperidine rings is 1. The third-order valence-electron chi connectivity index (χ3n) is 9.42. The number of fused-ring (bicyclic) bond motifs is 2. The van der Waals surface area contributed by atoms with Crippen LogP contribution in [-0.4, -0.2) is 67.6 Å². The van der Waals surface area contributed by atoms with E-state index in [9.17, 15) is 14.4 Å². The summed E-state index contributed by atoms with van der Waals surface area (Å²) in [5.74, 6) is -0.899. The van der Waals surface area contributed by atoms with Crippen LogP contribution >= 0.6 is 0 Å². The number of nitrogens with one attached hydrogen (secondary N) is 2. The highest BCUT2D eigenvalue weighted by Gasteiger charge is 2.87. The lowest BCUT2D eigenvalue weighted by molar-refractivity contribution is -0.158. The van der Waals surface area contributed by atoms with Crippen LogP contribution in [0.25, 0.3) is 0 Å². The molecule has 0 aromatic rings. The Bertz CT molecular complexity index is 1030. The van der Waals surface area contributed by atoms with Gasteiger partial charge >= 0.3 is 5.97 Å². The summed E-state index contributed by atoms with van der Waals surface area (Å²) in [6.45, 7) is 7.07. The van der Waals surface area contributed by atoms with E-state index in [-0.39, 0.29) is 42.0 Å². The van der Waals surface area contributed by atoms with Crippen LogP contribution < -0.4 is 22.1 Å². The fraction of sp³-hybridized carbons (Fsp3) is 0.793. The van der Waals surface area contributed by atoms with E-state index in [2.05, 4.69) is 29.5 Å². The molecule has 2 saturated carbocycles. The van der Waals surface area contributed by atoms with Crippen molar-refractivity contribution in [2.24, 2.45) is 46.0 Å². The fourth-order valence-corrected chi connectivity index (χ4v) is 7.51. The number of carbonyl (C=O) groups is 3. The predicted octanol–water partition coefficient (Wildman–Crippen LogP) is 1.81. The molecule has 8 atom stereocenters. The minimum Gasteiger partial charge on any atom is -0.466 e. The van der Waals surface area contributed by atoms with Gasteiger partial charge in [0, 0.05) is 31.3 Å². The largest absolute Gasteiger partial charge is 0.466 e. The number of ether oxygens (including phenoxy) is 2. The van der Waals surface area contributed by atoms with Gasteiger partial charge in [-0.25, -0.2) is 4.79 Å². The van der Waals surface area contributed by atoms with Crippen LogP contribution in [0.5, 0.6) is 0 Å². The Hall–Kier alpha value is -2.30. The van der Waals surface area contributed by atoms with E-state index in [0.717, 1.165) is 44.2 Å². The van der Waals surface area contributed by atoms with Crippen LogP contribution in [0.3, 0.4) is 0 Å². The highest BCUT2D eigenvalue weighted by Crippen LogP contribution is 2.62. The number of ketones is 2. The molecule has 4 rings (SSSR count). The maximum atomic E-state index is 14.0. The number of rotatable bonds is 9. The van der Waals surface area contributed by atoms with Gasteiger partial charge in [0.2, 0.25) is 0 Å². The maximum Gasteiger partial charge on any atom is 0.349 e. The summed E-state index contributed by atoms with van der Waals surface area (Å²) in [5.41, 5.74) is 9.89. The first-order valence-corrected chi connectivity index (χ1v) is 14.5. The minimum atomic E-state index is -1.83. The zero-order valence-electron chi connectivity index (χ0n) is 24.1. The van der Waals surface area contributed by atoms with Crippen molar-refractivity contribution in [3.05, 3.63) is 11.6 Å². The van der Waals surface area contributed by atoms with Crippen molar-refractivity contribution in [2.75, 3.05) is 20.7 Å². The van der Waals surface area contributed by atoms with Crippen LogP contribution in [0.1, 0.15) is 72.1 Å². The molecule has 39 heavy (non-hydrogen) atoms. The van der Waals surface area contributed by atoms with Gasteiger partial charge in [0.25, 0.3) is 5.60 Å². The highest BCUT2D eigenvalue weighted by atomic mass is 16.7. The molecular weight excluding hydrogens is 498 g/mol. The third kappa shape index (κ3) is 5.39. The first kappa shape index (κ1) is 29.7. The second kappa shape index (κ2) is 11.7. The Morgan fingerprint density at radius 3 is 2.67 bits per heavy atom. The van der Waals surface area contributed by atoms with Gasteiger partial charge in [0.1, 0.15) is 0 Å². The van der Waals surface area contributed by atoms with Crippen LogP contribution in [-0.2, 0) is 23.9 Å². The Morgan fingerprint density at radius 2 is 2.03 bits per heavy atom. The second-order valence-corrected chi connectivity index (χ2v) is 12.4. The molecular formula is C29H47N5O5. The summed E-state index contributed by atoms with van der Waals surface area (Å²) in [4.78, 5) is 45.3. The number of guanidine groups is 1. The Balaban J connectivity index is 1.58. The average molecular weight is 546 g/mol. The van der Waals surface area contributed by atoms with Crippen molar-refractivity contribution in [3.8, 4) is 0 Å². The van der Waals surface area contributed by atoms with Crippen molar-refractivity contribution < 1.29 is 23.9 Å². The van der Waals surface area contributed by atoms with Gasteiger partial charge in [-0.2, -0.15) is 0 Å². The molecule has 0 radical (unpaired) electrons. The Morgan fingerprint density at radius 1 is 1.28 bits per heavy atom. The number of nitrogens with zero attached hydrogens (tertiary/aromatic N) is 1. The smallest absolute Gasteiger partial charge is 0.349 e. The maximum absolute atomic E-state index is 14.0. The molecule has 2 aliphatic carbocycles. The number of carbonyl (C=O) groups excluding carboxylic acids is 3. The summed E-state index contributed by atoms with van der Waals surface area (Å²) in [5, 5.41) is 6.61. The molecule has 218 valence electrons. The molecule has 4 fully saturated rings. The second-order valence-electron chi connectivity index (χ2n) is 12.4. The van der Waals surface area contributed by atoms with Gasteiger partial charge < -0.3 is 31.6 Å². The lowest BCUT2D eigenvalue weighted by Gasteiger charge is -2.42. The zero-order chi connectivity index (χ0) is 28.5. The first-order chi connectivity index (χ1) is 18.5. The number of epoxide rings is 1. The molecule has 10 nitrogen and oxygen atoms in total. The summed E-state index contributed by atoms with van der Waals surface area (Å²) in [7, 11) is 2.89. The van der Waals surface area contributed by atoms with Crippen molar-refractivity contribution in [1.29, 1.82) is 0 Å². The van der Waals surface area contributed by atoms with Gasteiger partial charge in [-0.15, -0.1) is 0 Å². The molecule has 0 amide bonds. The van der Waals surface area contributed by atoms with E-state index in [1.54, 1.807) is 7.05 Å². The third-order valence-corrected chi connectivity index (χ3v) is 9.42. The molecule has 0 bridgehead atoms. The molecule has 5 unspecified atom stereocenters. The highest BCUT2D eigenvalue weighted by molar-refractivity contribution is 6.23. The van der Waals surface area contributed by atoms with Crippen LogP contribution in [0.4, 0.5) is 0 Å². The normalized spacial score (nSPS) is 37.7. The Kier molecular flexibility index (Phi) is 8.88. The summed E-state index contributed by atoms with van der Waals surface area (Å²) >= 11 is 0. The van der Waals surface area contributed by atoms with Crippen molar-refractivity contribution in [2.45, 2.75) is 95.5 Å². The van der Waals surface area contributed by atoms with Gasteiger partial charge in [-0.1, -0.05) is 31.9 Å². The van der Waals surface area contributed by atoms with Gasteiger partial charge in [-0.3, -0.25) is 14.6 Å². The lowest BCUT2D eigenvalue weighted by atomic mass is 9.57. The lowest BCUT2D eigenvalue weighted by Crippen LogP contribution is -2.59. The molecule has 10 heteroatoms. The monoisotopic (exact) mass is 545 g/mol. The molecule has 2 aliphatic heterocycles. The van der Waals surface area contributed by atoms with Gasteiger partial charge in [0.05, 0.1) is 13.3 Å². The summed E-state index contributed by atoms with van der Waals surface area (Å²) in [6.07, 6.45) is 7.72. The number of Topliss-reactive ketones (excluding diaryl/α,β-unsaturated/α-hetero) is 2. The van der Waals surface area contributed by atoms with Gasteiger partial charge in [-0.05, 0) is 69.7 Å². The predicted molar refractivity (Wildman–Crippen MR) is 149 cm³/mol. The van der Waals surface area contributed by atoms with Crippen LogP contribution in [0, 0.1) is 29.6 Å². The number of nitrogens with two attached hydrogens (primary N) is 2. The van der Waals surface area contributed by atoms with E-state index in [1.165, 1.54) is 7.11 Å². The fourth-order valence-electron chi connectivity index (χ4n) is 7.51. The van der Waals surface area contributed by atoms with Crippen molar-refractivity contribution in [1.82, 2.24) is 10.6 Å². The number of hydrogen-bond acceptors (Lipinski definition) is 8. The Labute approximate surface area is 232 Å². The zero-order valence-corrected chi connectivity index (χ0v) is 24.1. The van der Waals surface area contributed by atoms with E-state index < -0.39 is 29.0 Å². The summed E-state index contributed by atoms with van der Waals surface area (Å²) < 4.78 is 11.1. The standard InChI is InChI=1S/C29H47N5O5/c1-16(2)13-19-7-6-8-20-23(19)25(36)29(26(37)38-5)28(39-29,24(20)35)11-9-17(3)14-21(34-27(31)32-4)18-10-12-33-22(30)15-18/h9,16,18-23,33H,6-8,10-15,30H2,1-5H3,(H3,31,32,34)/t18?,19?,20?,21-,22?,23?,28-,29+/m0/s1. The van der Waals surface area contributed by atoms with E-state index in [1.807, 2.05) is 13.0 Å². The molecule has 0 spiro atoms. The quantitative estimate of drug-likeness (QED) is 0.0845. The number of aliphatic imine (C=N–C) groups is 1. The van der Waals surface area contributed by atoms with Crippen molar-refractivity contribution in [3.63, 3.8) is 0 Å². The van der Waals surface area contributed by atoms with Crippen LogP contribution in [0.15, 0.2) is 16.6 Å².